The highest BCUT2D eigenvalue weighted by Crippen LogP contribution is 2.33. The molecule has 0 saturated carbocycles. The molecule has 0 aliphatic heterocycles. The fraction of sp³-hybridized carbons (Fsp3) is 0.235. The van der Waals surface area contributed by atoms with Crippen molar-refractivity contribution < 1.29 is 0 Å². The Balaban J connectivity index is 1.75. The monoisotopic (exact) mass is 248 g/mol. The minimum atomic E-state index is 0.504. The number of nitrogens with one attached hydrogen (secondary N) is 1. The van der Waals surface area contributed by atoms with Gasteiger partial charge < -0.3 is 4.98 Å². The SMILES string of the molecule is Cc1cccc2[nH]c(C3Cc4ccccc4C3)nc12. The first-order chi connectivity index (χ1) is 9.31. The Morgan fingerprint density at radius 2 is 1.74 bits per heavy atom. The summed E-state index contributed by atoms with van der Waals surface area (Å²) in [6.45, 7) is 2.12. The number of benzene rings is 2. The second-order valence-corrected chi connectivity index (χ2v) is 5.47. The van der Waals surface area contributed by atoms with Crippen molar-refractivity contribution in [3.63, 3.8) is 0 Å². The van der Waals surface area contributed by atoms with E-state index in [0.29, 0.717) is 5.92 Å². The molecule has 1 heterocycles. The number of aryl methyl sites for hydroxylation is 1. The van der Waals surface area contributed by atoms with E-state index in [2.05, 4.69) is 54.4 Å². The molecule has 1 aromatic heterocycles. The van der Waals surface area contributed by atoms with Crippen LogP contribution in [0.5, 0.6) is 0 Å². The molecule has 0 bridgehead atoms. The molecular weight excluding hydrogens is 232 g/mol. The van der Waals surface area contributed by atoms with E-state index in [9.17, 15) is 0 Å². The molecule has 0 atom stereocenters. The van der Waals surface area contributed by atoms with E-state index in [4.69, 9.17) is 4.98 Å². The highest BCUT2D eigenvalue weighted by atomic mass is 14.9. The summed E-state index contributed by atoms with van der Waals surface area (Å²) in [6.07, 6.45) is 2.21. The van der Waals surface area contributed by atoms with Crippen molar-refractivity contribution in [2.75, 3.05) is 0 Å². The van der Waals surface area contributed by atoms with Gasteiger partial charge in [0.1, 0.15) is 5.82 Å². The van der Waals surface area contributed by atoms with Crippen LogP contribution in [0.4, 0.5) is 0 Å². The van der Waals surface area contributed by atoms with Crippen molar-refractivity contribution in [2.45, 2.75) is 25.7 Å². The molecule has 1 aliphatic carbocycles. The lowest BCUT2D eigenvalue weighted by Crippen LogP contribution is -2.00. The zero-order chi connectivity index (χ0) is 12.8. The summed E-state index contributed by atoms with van der Waals surface area (Å²) in [5.74, 6) is 1.64. The van der Waals surface area contributed by atoms with Gasteiger partial charge in [-0.25, -0.2) is 4.98 Å². The van der Waals surface area contributed by atoms with Crippen LogP contribution in [0.2, 0.25) is 0 Å². The maximum Gasteiger partial charge on any atom is 0.111 e. The Morgan fingerprint density at radius 3 is 2.42 bits per heavy atom. The van der Waals surface area contributed by atoms with Crippen LogP contribution in [0, 0.1) is 6.92 Å². The summed E-state index contributed by atoms with van der Waals surface area (Å²) >= 11 is 0. The molecule has 0 amide bonds. The van der Waals surface area contributed by atoms with Gasteiger partial charge in [0.05, 0.1) is 11.0 Å². The number of aromatic nitrogens is 2. The van der Waals surface area contributed by atoms with Gasteiger partial charge in [-0.05, 0) is 42.5 Å². The Morgan fingerprint density at radius 1 is 1.00 bits per heavy atom. The maximum absolute atomic E-state index is 4.82. The number of imidazole rings is 1. The summed E-state index contributed by atoms with van der Waals surface area (Å²) in [6, 6.07) is 15.1. The molecule has 3 aromatic rings. The molecule has 4 rings (SSSR count). The summed E-state index contributed by atoms with van der Waals surface area (Å²) in [5, 5.41) is 0. The van der Waals surface area contributed by atoms with Gasteiger partial charge in [0.15, 0.2) is 0 Å². The predicted molar refractivity (Wildman–Crippen MR) is 77.4 cm³/mol. The van der Waals surface area contributed by atoms with Crippen molar-refractivity contribution in [2.24, 2.45) is 0 Å². The second-order valence-electron chi connectivity index (χ2n) is 5.47. The van der Waals surface area contributed by atoms with Crippen LogP contribution in [0.25, 0.3) is 11.0 Å². The van der Waals surface area contributed by atoms with Crippen molar-refractivity contribution in [1.82, 2.24) is 9.97 Å². The molecule has 2 nitrogen and oxygen atoms in total. The van der Waals surface area contributed by atoms with Crippen LogP contribution in [0.15, 0.2) is 42.5 Å². The fourth-order valence-electron chi connectivity index (χ4n) is 3.14. The fourth-order valence-corrected chi connectivity index (χ4v) is 3.14. The third-order valence-electron chi connectivity index (χ3n) is 4.17. The molecule has 0 saturated heterocycles. The predicted octanol–water partition coefficient (Wildman–Crippen LogP) is 3.75. The van der Waals surface area contributed by atoms with Crippen molar-refractivity contribution in [1.29, 1.82) is 0 Å². The number of hydrogen-bond acceptors (Lipinski definition) is 1. The normalized spacial score (nSPS) is 15.0. The molecule has 1 aliphatic rings. The number of fused-ring (bicyclic) bond motifs is 2. The molecule has 0 radical (unpaired) electrons. The Bertz CT molecular complexity index is 730. The summed E-state index contributed by atoms with van der Waals surface area (Å²) in [5.41, 5.74) is 6.48. The molecule has 0 spiro atoms. The topological polar surface area (TPSA) is 28.7 Å². The van der Waals surface area contributed by atoms with E-state index in [0.717, 1.165) is 29.7 Å². The highest BCUT2D eigenvalue weighted by molar-refractivity contribution is 5.78. The minimum absolute atomic E-state index is 0.504. The van der Waals surface area contributed by atoms with E-state index < -0.39 is 0 Å². The minimum Gasteiger partial charge on any atom is -0.342 e. The van der Waals surface area contributed by atoms with E-state index in [-0.39, 0.29) is 0 Å². The highest BCUT2D eigenvalue weighted by Gasteiger charge is 2.25. The zero-order valence-corrected chi connectivity index (χ0v) is 11.0. The molecule has 2 aromatic carbocycles. The Hall–Kier alpha value is -2.09. The van der Waals surface area contributed by atoms with Crippen LogP contribution >= 0.6 is 0 Å². The zero-order valence-electron chi connectivity index (χ0n) is 11.0. The van der Waals surface area contributed by atoms with Crippen LogP contribution in [0.1, 0.15) is 28.4 Å². The number of nitrogens with zero attached hydrogens (tertiary/aromatic N) is 1. The van der Waals surface area contributed by atoms with E-state index >= 15 is 0 Å². The first-order valence-electron chi connectivity index (χ1n) is 6.83. The molecule has 1 N–H and O–H groups in total. The Kier molecular flexibility index (Phi) is 2.25. The van der Waals surface area contributed by atoms with Gasteiger partial charge >= 0.3 is 0 Å². The average molecular weight is 248 g/mol. The molecule has 0 fully saturated rings. The van der Waals surface area contributed by atoms with E-state index in [1.807, 2.05) is 0 Å². The number of H-pyrrole nitrogens is 1. The van der Waals surface area contributed by atoms with Crippen LogP contribution < -0.4 is 0 Å². The smallest absolute Gasteiger partial charge is 0.111 e. The molecule has 2 heteroatoms. The maximum atomic E-state index is 4.82. The van der Waals surface area contributed by atoms with Gasteiger partial charge in [0.2, 0.25) is 0 Å². The average Bonchev–Trinajstić information content (AvgIpc) is 3.02. The van der Waals surface area contributed by atoms with E-state index in [1.165, 1.54) is 16.7 Å². The van der Waals surface area contributed by atoms with Gasteiger partial charge in [-0.3, -0.25) is 0 Å². The number of hydrogen-bond donors (Lipinski definition) is 1. The first-order valence-corrected chi connectivity index (χ1v) is 6.83. The summed E-state index contributed by atoms with van der Waals surface area (Å²) in [7, 11) is 0. The lowest BCUT2D eigenvalue weighted by molar-refractivity contribution is 0.697. The van der Waals surface area contributed by atoms with Crippen molar-refractivity contribution >= 4 is 11.0 Å². The van der Waals surface area contributed by atoms with Gasteiger partial charge in [-0.15, -0.1) is 0 Å². The quantitative estimate of drug-likeness (QED) is 0.698. The van der Waals surface area contributed by atoms with Crippen LogP contribution in [-0.2, 0) is 12.8 Å². The van der Waals surface area contributed by atoms with Gasteiger partial charge in [0.25, 0.3) is 0 Å². The molecular formula is C17H16N2. The molecule has 0 unspecified atom stereocenters. The molecule has 94 valence electrons. The van der Waals surface area contributed by atoms with Gasteiger partial charge in [0, 0.05) is 5.92 Å². The third-order valence-corrected chi connectivity index (χ3v) is 4.17. The van der Waals surface area contributed by atoms with Crippen LogP contribution in [0.3, 0.4) is 0 Å². The van der Waals surface area contributed by atoms with Crippen molar-refractivity contribution in [3.8, 4) is 0 Å². The summed E-state index contributed by atoms with van der Waals surface area (Å²) in [4.78, 5) is 8.32. The number of rotatable bonds is 1. The number of para-hydroxylation sites is 1. The number of aromatic amines is 1. The lowest BCUT2D eigenvalue weighted by Gasteiger charge is -2.03. The Labute approximate surface area is 112 Å². The first kappa shape index (κ1) is 10.8. The van der Waals surface area contributed by atoms with Crippen LogP contribution in [-0.4, -0.2) is 9.97 Å². The van der Waals surface area contributed by atoms with Crippen molar-refractivity contribution in [3.05, 3.63) is 65.0 Å². The van der Waals surface area contributed by atoms with Gasteiger partial charge in [-0.1, -0.05) is 36.4 Å². The summed E-state index contributed by atoms with van der Waals surface area (Å²) < 4.78 is 0. The van der Waals surface area contributed by atoms with E-state index in [1.54, 1.807) is 0 Å². The largest absolute Gasteiger partial charge is 0.342 e. The van der Waals surface area contributed by atoms with Gasteiger partial charge in [-0.2, -0.15) is 0 Å². The third kappa shape index (κ3) is 1.67. The second kappa shape index (κ2) is 3.95. The lowest BCUT2D eigenvalue weighted by atomic mass is 10.1. The molecule has 19 heavy (non-hydrogen) atoms. The standard InChI is InChI=1S/C17H16N2/c1-11-5-4-8-15-16(11)19-17(18-15)14-9-12-6-2-3-7-13(12)10-14/h2-8,14H,9-10H2,1H3,(H,18,19).